The van der Waals surface area contributed by atoms with E-state index in [0.717, 1.165) is 11.6 Å². The summed E-state index contributed by atoms with van der Waals surface area (Å²) in [5, 5.41) is 0. The van der Waals surface area contributed by atoms with E-state index in [1.165, 1.54) is 24.0 Å². The minimum atomic E-state index is 0.342. The van der Waals surface area contributed by atoms with Gasteiger partial charge in [0.05, 0.1) is 0 Å². The molecule has 0 bridgehead atoms. The molecule has 1 aromatic carbocycles. The topological polar surface area (TPSA) is 64.7 Å². The highest BCUT2D eigenvalue weighted by atomic mass is 15.1. The third kappa shape index (κ3) is 2.47. The Morgan fingerprint density at radius 1 is 1.22 bits per heavy atom. The van der Waals surface area contributed by atoms with Crippen molar-refractivity contribution in [3.8, 4) is 0 Å². The summed E-state index contributed by atoms with van der Waals surface area (Å²) in [4.78, 5) is 13.0. The lowest BCUT2D eigenvalue weighted by Gasteiger charge is -2.05. The quantitative estimate of drug-likeness (QED) is 0.893. The van der Waals surface area contributed by atoms with E-state index in [1.807, 2.05) is 0 Å². The molecule has 2 N–H and O–H groups in total. The fraction of sp³-hybridized carbons (Fsp3) is 0.357. The van der Waals surface area contributed by atoms with Crippen LogP contribution in [0, 0.1) is 6.92 Å². The second-order valence-corrected chi connectivity index (χ2v) is 4.91. The van der Waals surface area contributed by atoms with Crippen LogP contribution in [0.4, 0.5) is 5.95 Å². The zero-order valence-electron chi connectivity index (χ0n) is 10.4. The Kier molecular flexibility index (Phi) is 2.70. The number of anilines is 1. The van der Waals surface area contributed by atoms with Crippen LogP contribution in [-0.4, -0.2) is 15.0 Å². The van der Waals surface area contributed by atoms with Gasteiger partial charge >= 0.3 is 0 Å². The Balaban J connectivity index is 1.87. The molecule has 0 amide bonds. The smallest absolute Gasteiger partial charge is 0.223 e. The van der Waals surface area contributed by atoms with Gasteiger partial charge in [0.25, 0.3) is 0 Å². The molecule has 0 unspecified atom stereocenters. The molecule has 1 fully saturated rings. The molecule has 1 heterocycles. The molecule has 0 atom stereocenters. The summed E-state index contributed by atoms with van der Waals surface area (Å²) in [7, 11) is 0. The van der Waals surface area contributed by atoms with Crippen molar-refractivity contribution in [1.29, 1.82) is 0 Å². The van der Waals surface area contributed by atoms with E-state index in [1.54, 1.807) is 0 Å². The molecular weight excluding hydrogens is 224 g/mol. The van der Waals surface area contributed by atoms with Crippen molar-refractivity contribution in [1.82, 2.24) is 15.0 Å². The maximum absolute atomic E-state index is 5.75. The minimum absolute atomic E-state index is 0.342. The van der Waals surface area contributed by atoms with Gasteiger partial charge in [-0.15, -0.1) is 0 Å². The summed E-state index contributed by atoms with van der Waals surface area (Å²) >= 11 is 0. The van der Waals surface area contributed by atoms with Crippen molar-refractivity contribution in [3.63, 3.8) is 0 Å². The van der Waals surface area contributed by atoms with Crippen molar-refractivity contribution in [2.24, 2.45) is 0 Å². The SMILES string of the molecule is Cc1cccc(Cc2nc(N)nc(C3CC3)n2)c1. The van der Waals surface area contributed by atoms with E-state index in [4.69, 9.17) is 5.73 Å². The Morgan fingerprint density at radius 3 is 2.78 bits per heavy atom. The van der Waals surface area contributed by atoms with E-state index < -0.39 is 0 Å². The predicted molar refractivity (Wildman–Crippen MR) is 70.2 cm³/mol. The van der Waals surface area contributed by atoms with E-state index in [9.17, 15) is 0 Å². The molecular formula is C14H16N4. The lowest BCUT2D eigenvalue weighted by molar-refractivity contribution is 0.838. The highest BCUT2D eigenvalue weighted by Gasteiger charge is 2.27. The molecule has 1 saturated carbocycles. The Morgan fingerprint density at radius 2 is 2.06 bits per heavy atom. The second-order valence-electron chi connectivity index (χ2n) is 4.91. The summed E-state index contributed by atoms with van der Waals surface area (Å²) in [6.45, 7) is 2.08. The summed E-state index contributed by atoms with van der Waals surface area (Å²) in [5.74, 6) is 2.49. The number of hydrogen-bond donors (Lipinski definition) is 1. The molecule has 2 aromatic rings. The zero-order chi connectivity index (χ0) is 12.5. The van der Waals surface area contributed by atoms with Gasteiger partial charge in [-0.05, 0) is 25.3 Å². The van der Waals surface area contributed by atoms with Crippen LogP contribution in [0.1, 0.15) is 41.5 Å². The number of aryl methyl sites for hydroxylation is 1. The van der Waals surface area contributed by atoms with Crippen LogP contribution >= 0.6 is 0 Å². The van der Waals surface area contributed by atoms with Crippen molar-refractivity contribution in [2.45, 2.75) is 32.1 Å². The van der Waals surface area contributed by atoms with Gasteiger partial charge in [0, 0.05) is 12.3 Å². The van der Waals surface area contributed by atoms with Gasteiger partial charge < -0.3 is 5.73 Å². The van der Waals surface area contributed by atoms with E-state index in [-0.39, 0.29) is 0 Å². The highest BCUT2D eigenvalue weighted by molar-refractivity contribution is 5.27. The maximum Gasteiger partial charge on any atom is 0.223 e. The van der Waals surface area contributed by atoms with Crippen molar-refractivity contribution in [2.75, 3.05) is 5.73 Å². The molecule has 4 heteroatoms. The first-order valence-corrected chi connectivity index (χ1v) is 6.26. The van der Waals surface area contributed by atoms with Gasteiger partial charge in [0.15, 0.2) is 0 Å². The van der Waals surface area contributed by atoms with Crippen LogP contribution in [0.15, 0.2) is 24.3 Å². The number of aromatic nitrogens is 3. The summed E-state index contributed by atoms with van der Waals surface area (Å²) in [6.07, 6.45) is 3.06. The standard InChI is InChI=1S/C14H16N4/c1-9-3-2-4-10(7-9)8-12-16-13(11-5-6-11)18-14(15)17-12/h2-4,7,11H,5-6,8H2,1H3,(H2,15,16,17,18). The molecule has 92 valence electrons. The number of rotatable bonds is 3. The lowest BCUT2D eigenvalue weighted by Crippen LogP contribution is -2.07. The number of hydrogen-bond acceptors (Lipinski definition) is 4. The predicted octanol–water partition coefficient (Wildman–Crippen LogP) is 2.23. The normalized spacial score (nSPS) is 14.7. The molecule has 0 aliphatic heterocycles. The second kappa shape index (κ2) is 4.37. The number of nitrogen functional groups attached to an aromatic ring is 1. The zero-order valence-corrected chi connectivity index (χ0v) is 10.4. The fourth-order valence-electron chi connectivity index (χ4n) is 2.06. The first-order chi connectivity index (χ1) is 8.70. The van der Waals surface area contributed by atoms with Crippen LogP contribution in [0.5, 0.6) is 0 Å². The molecule has 0 spiro atoms. The maximum atomic E-state index is 5.75. The fourth-order valence-corrected chi connectivity index (χ4v) is 2.06. The van der Waals surface area contributed by atoms with Gasteiger partial charge in [0.1, 0.15) is 11.6 Å². The number of benzene rings is 1. The monoisotopic (exact) mass is 240 g/mol. The summed E-state index contributed by atoms with van der Waals surface area (Å²) in [5.41, 5.74) is 8.20. The van der Waals surface area contributed by atoms with Gasteiger partial charge in [-0.3, -0.25) is 0 Å². The van der Waals surface area contributed by atoms with Crippen molar-refractivity contribution < 1.29 is 0 Å². The average Bonchev–Trinajstić information content (AvgIpc) is 3.11. The molecule has 3 rings (SSSR count). The van der Waals surface area contributed by atoms with Gasteiger partial charge in [0.2, 0.25) is 5.95 Å². The third-order valence-electron chi connectivity index (χ3n) is 3.10. The molecule has 1 aliphatic rings. The Bertz CT molecular complexity index is 576. The van der Waals surface area contributed by atoms with Gasteiger partial charge in [-0.2, -0.15) is 9.97 Å². The van der Waals surface area contributed by atoms with Crippen molar-refractivity contribution >= 4 is 5.95 Å². The molecule has 18 heavy (non-hydrogen) atoms. The highest BCUT2D eigenvalue weighted by Crippen LogP contribution is 2.38. The largest absolute Gasteiger partial charge is 0.368 e. The molecule has 4 nitrogen and oxygen atoms in total. The first kappa shape index (κ1) is 11.1. The van der Waals surface area contributed by atoms with Crippen LogP contribution < -0.4 is 5.73 Å². The van der Waals surface area contributed by atoms with Crippen LogP contribution in [0.3, 0.4) is 0 Å². The van der Waals surface area contributed by atoms with E-state index in [2.05, 4.69) is 46.1 Å². The molecule has 0 saturated heterocycles. The average molecular weight is 240 g/mol. The van der Waals surface area contributed by atoms with Gasteiger partial charge in [-0.1, -0.05) is 29.8 Å². The summed E-state index contributed by atoms with van der Waals surface area (Å²) in [6, 6.07) is 8.37. The van der Waals surface area contributed by atoms with Crippen LogP contribution in [0.25, 0.3) is 0 Å². The number of nitrogens with two attached hydrogens (primary N) is 1. The van der Waals surface area contributed by atoms with Crippen molar-refractivity contribution in [3.05, 3.63) is 47.0 Å². The van der Waals surface area contributed by atoms with Crippen LogP contribution in [-0.2, 0) is 6.42 Å². The van der Waals surface area contributed by atoms with E-state index >= 15 is 0 Å². The Hall–Kier alpha value is -1.97. The first-order valence-electron chi connectivity index (χ1n) is 6.26. The number of nitrogens with zero attached hydrogens (tertiary/aromatic N) is 3. The van der Waals surface area contributed by atoms with E-state index in [0.29, 0.717) is 18.3 Å². The molecule has 1 aromatic heterocycles. The third-order valence-corrected chi connectivity index (χ3v) is 3.10. The minimum Gasteiger partial charge on any atom is -0.368 e. The Labute approximate surface area is 106 Å². The van der Waals surface area contributed by atoms with Gasteiger partial charge in [-0.25, -0.2) is 4.98 Å². The molecule has 0 radical (unpaired) electrons. The summed E-state index contributed by atoms with van der Waals surface area (Å²) < 4.78 is 0. The lowest BCUT2D eigenvalue weighted by atomic mass is 10.1. The molecule has 1 aliphatic carbocycles. The van der Waals surface area contributed by atoms with Crippen LogP contribution in [0.2, 0.25) is 0 Å².